The van der Waals surface area contributed by atoms with Crippen molar-refractivity contribution in [1.82, 2.24) is 5.32 Å². The van der Waals surface area contributed by atoms with Gasteiger partial charge in [-0.15, -0.1) is 24.8 Å². The third-order valence-corrected chi connectivity index (χ3v) is 1.33. The van der Waals surface area contributed by atoms with Crippen LogP contribution < -0.4 is 11.1 Å². The van der Waals surface area contributed by atoms with E-state index in [9.17, 15) is 9.18 Å². The molecule has 0 unspecified atom stereocenters. The average Bonchev–Trinajstić information content (AvgIpc) is 2.16. The minimum absolute atomic E-state index is 0. The number of amidine groups is 1. The monoisotopic (exact) mass is 279 g/mol. The average molecular weight is 280 g/mol. The lowest BCUT2D eigenvalue weighted by Gasteiger charge is -2.14. The molecule has 0 aromatic rings. The van der Waals surface area contributed by atoms with Gasteiger partial charge in [-0.05, 0) is 0 Å². The lowest BCUT2D eigenvalue weighted by atomic mass is 10.3. The molecule has 0 radical (unpaired) electrons. The number of carboxylic acid groups (broad SMARTS) is 1. The van der Waals surface area contributed by atoms with Gasteiger partial charge in [-0.2, -0.15) is 0 Å². The highest BCUT2D eigenvalue weighted by Crippen LogP contribution is 1.87. The van der Waals surface area contributed by atoms with Crippen LogP contribution in [0.5, 0.6) is 0 Å². The van der Waals surface area contributed by atoms with Crippen molar-refractivity contribution >= 4 is 36.6 Å². The van der Waals surface area contributed by atoms with Gasteiger partial charge >= 0.3 is 5.97 Å². The summed E-state index contributed by atoms with van der Waals surface area (Å²) in [5.74, 6) is -1.67. The van der Waals surface area contributed by atoms with Gasteiger partial charge in [0, 0.05) is 6.54 Å². The fraction of sp³-hybridized carbons (Fsp3) is 0.714. The summed E-state index contributed by atoms with van der Waals surface area (Å²) in [4.78, 5) is 10.6. The van der Waals surface area contributed by atoms with Gasteiger partial charge in [-0.3, -0.25) is 5.41 Å². The van der Waals surface area contributed by atoms with Crippen molar-refractivity contribution in [2.24, 2.45) is 5.73 Å². The summed E-state index contributed by atoms with van der Waals surface area (Å²) in [6, 6.07) is -1.11. The van der Waals surface area contributed by atoms with Crippen LogP contribution >= 0.6 is 24.8 Å². The van der Waals surface area contributed by atoms with Crippen LogP contribution in [0.3, 0.4) is 0 Å². The quantitative estimate of drug-likeness (QED) is 0.293. The third kappa shape index (κ3) is 9.91. The van der Waals surface area contributed by atoms with Gasteiger partial charge < -0.3 is 20.9 Å². The Kier molecular flexibility index (Phi) is 16.1. The van der Waals surface area contributed by atoms with Crippen LogP contribution in [-0.4, -0.2) is 49.4 Å². The Morgan fingerprint density at radius 3 is 2.50 bits per heavy atom. The van der Waals surface area contributed by atoms with Crippen LogP contribution in [0.1, 0.15) is 0 Å². The van der Waals surface area contributed by atoms with E-state index in [-0.39, 0.29) is 44.6 Å². The second kappa shape index (κ2) is 12.4. The molecule has 6 nitrogen and oxygen atoms in total. The first kappa shape index (κ1) is 20.7. The summed E-state index contributed by atoms with van der Waals surface area (Å²) in [6.45, 7) is -0.656. The number of ether oxygens (including phenoxy) is 1. The minimum Gasteiger partial charge on any atom is -0.480 e. The molecule has 0 aliphatic carbocycles. The maximum absolute atomic E-state index is 11.9. The van der Waals surface area contributed by atoms with Crippen LogP contribution in [0.4, 0.5) is 4.39 Å². The smallest absolute Gasteiger partial charge is 0.328 e. The number of carbonyl (C=O) groups is 1. The van der Waals surface area contributed by atoms with Crippen LogP contribution in [0.2, 0.25) is 0 Å². The number of rotatable bonds is 7. The molecule has 0 saturated carbocycles. The molecule has 16 heavy (non-hydrogen) atoms. The standard InChI is InChI=1S/C7H14FN3O3.2ClH/c8-3-6(10)11-5(7(12)13)4-14-2-1-9;;/h5H,1-4,9H2,(H2,10,11)(H,12,13);2*1H/t5-;;/m0../s1. The van der Waals surface area contributed by atoms with Gasteiger partial charge in [-0.25, -0.2) is 9.18 Å². The lowest BCUT2D eigenvalue weighted by molar-refractivity contribution is -0.140. The summed E-state index contributed by atoms with van der Waals surface area (Å²) in [7, 11) is 0. The molecular weight excluding hydrogens is 264 g/mol. The van der Waals surface area contributed by atoms with E-state index in [0.717, 1.165) is 0 Å². The summed E-state index contributed by atoms with van der Waals surface area (Å²) in [5, 5.41) is 17.7. The van der Waals surface area contributed by atoms with Gasteiger partial charge in [0.15, 0.2) is 0 Å². The number of nitrogens with one attached hydrogen (secondary N) is 2. The van der Waals surface area contributed by atoms with Crippen molar-refractivity contribution in [3.8, 4) is 0 Å². The van der Waals surface area contributed by atoms with Crippen LogP contribution in [0.25, 0.3) is 0 Å². The van der Waals surface area contributed by atoms with Gasteiger partial charge in [0.05, 0.1) is 13.2 Å². The molecular formula is C7H16Cl2FN3O3. The van der Waals surface area contributed by atoms with Crippen molar-refractivity contribution in [1.29, 1.82) is 5.41 Å². The first-order valence-electron chi connectivity index (χ1n) is 4.02. The minimum atomic E-state index is -1.19. The first-order valence-corrected chi connectivity index (χ1v) is 4.02. The zero-order valence-corrected chi connectivity index (χ0v) is 10.1. The zero-order chi connectivity index (χ0) is 11.0. The third-order valence-electron chi connectivity index (χ3n) is 1.33. The van der Waals surface area contributed by atoms with Crippen molar-refractivity contribution < 1.29 is 19.0 Å². The van der Waals surface area contributed by atoms with E-state index in [4.69, 9.17) is 21.0 Å². The fourth-order valence-corrected chi connectivity index (χ4v) is 0.708. The van der Waals surface area contributed by atoms with E-state index < -0.39 is 24.5 Å². The molecule has 1 atom stereocenters. The molecule has 0 aromatic heterocycles. The molecule has 0 fully saturated rings. The Morgan fingerprint density at radius 2 is 2.12 bits per heavy atom. The predicted octanol–water partition coefficient (Wildman–Crippen LogP) is -0.205. The van der Waals surface area contributed by atoms with E-state index in [0.29, 0.717) is 0 Å². The molecule has 0 aliphatic rings. The Balaban J connectivity index is -0.000000845. The van der Waals surface area contributed by atoms with E-state index in [1.807, 2.05) is 0 Å². The Morgan fingerprint density at radius 1 is 1.56 bits per heavy atom. The van der Waals surface area contributed by atoms with Gasteiger partial charge in [-0.1, -0.05) is 0 Å². The normalized spacial score (nSPS) is 10.6. The van der Waals surface area contributed by atoms with Crippen molar-refractivity contribution in [2.45, 2.75) is 6.04 Å². The van der Waals surface area contributed by atoms with E-state index >= 15 is 0 Å². The summed E-state index contributed by atoms with van der Waals surface area (Å²) >= 11 is 0. The number of alkyl halides is 1. The molecule has 0 saturated heterocycles. The topological polar surface area (TPSA) is 108 Å². The SMILES string of the molecule is Cl.Cl.N=C(CF)N[C@@H](COCCN)C(=O)O. The van der Waals surface area contributed by atoms with Gasteiger partial charge in [0.2, 0.25) is 0 Å². The Bertz CT molecular complexity index is 209. The maximum Gasteiger partial charge on any atom is 0.328 e. The van der Waals surface area contributed by atoms with Crippen LogP contribution in [0, 0.1) is 5.41 Å². The Labute approximate surface area is 105 Å². The van der Waals surface area contributed by atoms with Crippen LogP contribution in [-0.2, 0) is 9.53 Å². The van der Waals surface area contributed by atoms with Gasteiger partial charge in [0.25, 0.3) is 0 Å². The number of hydrogen-bond donors (Lipinski definition) is 4. The highest BCUT2D eigenvalue weighted by molar-refractivity contribution is 5.86. The van der Waals surface area contributed by atoms with E-state index in [1.165, 1.54) is 0 Å². The molecule has 9 heteroatoms. The molecule has 0 amide bonds. The summed E-state index contributed by atoms with van der Waals surface area (Å²) in [5.41, 5.74) is 5.12. The van der Waals surface area contributed by atoms with Crippen molar-refractivity contribution in [2.75, 3.05) is 26.4 Å². The Hall–Kier alpha value is -0.630. The molecule has 0 heterocycles. The van der Waals surface area contributed by atoms with Crippen LogP contribution in [0.15, 0.2) is 0 Å². The number of carboxylic acids is 1. The number of nitrogens with two attached hydrogens (primary N) is 1. The fourth-order valence-electron chi connectivity index (χ4n) is 0.708. The second-order valence-electron chi connectivity index (χ2n) is 2.51. The molecule has 0 aromatic carbocycles. The largest absolute Gasteiger partial charge is 0.480 e. The highest BCUT2D eigenvalue weighted by atomic mass is 35.5. The highest BCUT2D eigenvalue weighted by Gasteiger charge is 2.18. The molecule has 0 aliphatic heterocycles. The molecule has 0 bridgehead atoms. The lowest BCUT2D eigenvalue weighted by Crippen LogP contribution is -2.44. The molecule has 0 spiro atoms. The summed E-state index contributed by atoms with van der Waals surface area (Å²) in [6.07, 6.45) is 0. The number of aliphatic carboxylic acids is 1. The number of halogens is 3. The van der Waals surface area contributed by atoms with Crippen molar-refractivity contribution in [3.63, 3.8) is 0 Å². The number of hydrogen-bond acceptors (Lipinski definition) is 4. The summed E-state index contributed by atoms with van der Waals surface area (Å²) < 4.78 is 16.7. The van der Waals surface area contributed by atoms with E-state index in [1.54, 1.807) is 0 Å². The van der Waals surface area contributed by atoms with Gasteiger partial charge in [0.1, 0.15) is 18.6 Å². The maximum atomic E-state index is 11.9. The first-order chi connectivity index (χ1) is 6.61. The predicted molar refractivity (Wildman–Crippen MR) is 62.6 cm³/mol. The second-order valence-corrected chi connectivity index (χ2v) is 2.51. The zero-order valence-electron chi connectivity index (χ0n) is 8.44. The molecule has 5 N–H and O–H groups in total. The molecule has 0 rings (SSSR count). The van der Waals surface area contributed by atoms with Crippen molar-refractivity contribution in [3.05, 3.63) is 0 Å². The molecule has 98 valence electrons. The van der Waals surface area contributed by atoms with E-state index in [2.05, 4.69) is 5.32 Å².